The van der Waals surface area contributed by atoms with Crippen LogP contribution in [0.15, 0.2) is 65.5 Å². The fraction of sp³-hybridized carbons (Fsp3) is 0.314. The molecule has 0 radical (unpaired) electrons. The summed E-state index contributed by atoms with van der Waals surface area (Å²) in [5.74, 6) is 0.874. The van der Waals surface area contributed by atoms with Crippen molar-refractivity contribution in [2.24, 2.45) is 5.41 Å². The predicted octanol–water partition coefficient (Wildman–Crippen LogP) is 4.73. The number of benzene rings is 1. The highest BCUT2D eigenvalue weighted by Crippen LogP contribution is 2.60. The minimum atomic E-state index is -0.738. The normalized spacial score (nSPS) is 21.5. The van der Waals surface area contributed by atoms with Crippen LogP contribution >= 0.6 is 15.9 Å². The number of amides is 2. The molecule has 1 aromatic carbocycles. The molecule has 3 aliphatic rings. The first-order valence-corrected chi connectivity index (χ1v) is 16.6. The van der Waals surface area contributed by atoms with E-state index >= 15 is 0 Å². The third-order valence-corrected chi connectivity index (χ3v) is 10.1. The first-order valence-electron chi connectivity index (χ1n) is 15.8. The van der Waals surface area contributed by atoms with Gasteiger partial charge in [-0.2, -0.15) is 5.10 Å². The lowest BCUT2D eigenvalue weighted by molar-refractivity contribution is -0.138. The quantitative estimate of drug-likeness (QED) is 0.207. The molecule has 48 heavy (non-hydrogen) atoms. The molecule has 8 rings (SSSR count). The number of pyridine rings is 2. The largest absolute Gasteiger partial charge is 0.477 e. The van der Waals surface area contributed by atoms with E-state index in [1.54, 1.807) is 22.0 Å². The van der Waals surface area contributed by atoms with E-state index < -0.39 is 6.04 Å². The number of rotatable bonds is 4. The molecule has 13 heteroatoms. The Morgan fingerprint density at radius 2 is 1.88 bits per heavy atom. The summed E-state index contributed by atoms with van der Waals surface area (Å²) >= 11 is 3.44. The van der Waals surface area contributed by atoms with Crippen molar-refractivity contribution in [3.8, 4) is 17.0 Å². The van der Waals surface area contributed by atoms with Gasteiger partial charge in [0.25, 0.3) is 0 Å². The van der Waals surface area contributed by atoms with Gasteiger partial charge in [-0.15, -0.1) is 0 Å². The van der Waals surface area contributed by atoms with Crippen molar-refractivity contribution < 1.29 is 19.1 Å². The van der Waals surface area contributed by atoms with E-state index in [0.29, 0.717) is 65.3 Å². The maximum atomic E-state index is 14.3. The van der Waals surface area contributed by atoms with Crippen molar-refractivity contribution in [1.82, 2.24) is 34.6 Å². The number of aromatic nitrogens is 6. The second-order valence-corrected chi connectivity index (χ2v) is 13.6. The number of Topliss-reactive ketones (excluding diaryl/α,β-unsaturated/α-hetero) is 1. The number of carbonyl (C=O) groups is 3. The number of aryl methyl sites for hydroxylation is 3. The molecule has 1 saturated carbocycles. The average molecular weight is 708 g/mol. The molecule has 3 atom stereocenters. The van der Waals surface area contributed by atoms with Gasteiger partial charge < -0.3 is 15.0 Å². The number of anilines is 1. The Morgan fingerprint density at radius 1 is 1.04 bits per heavy atom. The van der Waals surface area contributed by atoms with Crippen LogP contribution in [0.5, 0.6) is 5.88 Å². The van der Waals surface area contributed by atoms with Crippen molar-refractivity contribution in [2.45, 2.75) is 58.2 Å². The van der Waals surface area contributed by atoms with Gasteiger partial charge in [-0.05, 0) is 83.9 Å². The van der Waals surface area contributed by atoms with Gasteiger partial charge in [0.05, 0.1) is 12.1 Å². The number of piperidine rings is 1. The Hall–Kier alpha value is -5.04. The lowest BCUT2D eigenvalue weighted by Crippen LogP contribution is -2.47. The van der Waals surface area contributed by atoms with Gasteiger partial charge in [0.1, 0.15) is 34.5 Å². The maximum Gasteiger partial charge on any atom is 0.248 e. The fourth-order valence-corrected chi connectivity index (χ4v) is 7.35. The summed E-state index contributed by atoms with van der Waals surface area (Å²) in [6.45, 7) is 3.48. The van der Waals surface area contributed by atoms with Crippen LogP contribution in [0.3, 0.4) is 0 Å². The smallest absolute Gasteiger partial charge is 0.248 e. The van der Waals surface area contributed by atoms with Crippen LogP contribution in [0.4, 0.5) is 5.82 Å². The number of halogens is 1. The van der Waals surface area contributed by atoms with Crippen LogP contribution in [0.1, 0.15) is 47.3 Å². The number of nitrogens with zero attached hydrogens (tertiary/aromatic N) is 7. The van der Waals surface area contributed by atoms with Gasteiger partial charge in [-0.25, -0.2) is 19.9 Å². The highest BCUT2D eigenvalue weighted by Gasteiger charge is 2.67. The summed E-state index contributed by atoms with van der Waals surface area (Å²) in [4.78, 5) is 60.6. The molecule has 5 aromatic rings. The number of ketones is 1. The summed E-state index contributed by atoms with van der Waals surface area (Å²) in [6, 6.07) is 14.2. The summed E-state index contributed by atoms with van der Waals surface area (Å²) in [6.07, 6.45) is 5.88. The Balaban J connectivity index is 1.13. The predicted molar refractivity (Wildman–Crippen MR) is 179 cm³/mol. The zero-order valence-corrected chi connectivity index (χ0v) is 27.9. The monoisotopic (exact) mass is 706 g/mol. The van der Waals surface area contributed by atoms with Crippen molar-refractivity contribution in [3.63, 3.8) is 0 Å². The van der Waals surface area contributed by atoms with Gasteiger partial charge in [-0.3, -0.25) is 19.1 Å². The Bertz CT molecular complexity index is 2130. The number of likely N-dealkylation sites (tertiary alicyclic amines) is 1. The third-order valence-electron chi connectivity index (χ3n) is 9.62. The van der Waals surface area contributed by atoms with E-state index in [1.807, 2.05) is 55.5 Å². The molecule has 1 N–H and O–H groups in total. The molecule has 1 unspecified atom stereocenters. The lowest BCUT2D eigenvalue weighted by atomic mass is 10.00. The lowest BCUT2D eigenvalue weighted by Gasteiger charge is -2.27. The Morgan fingerprint density at radius 3 is 2.69 bits per heavy atom. The summed E-state index contributed by atoms with van der Waals surface area (Å²) in [5.41, 5.74) is 3.91. The Kier molecular flexibility index (Phi) is 7.31. The van der Waals surface area contributed by atoms with E-state index in [1.165, 1.54) is 6.92 Å². The number of hydrogen-bond donors (Lipinski definition) is 1. The van der Waals surface area contributed by atoms with Crippen LogP contribution in [0, 0.1) is 12.3 Å². The van der Waals surface area contributed by atoms with Crippen LogP contribution in [0.2, 0.25) is 0 Å². The van der Waals surface area contributed by atoms with E-state index in [-0.39, 0.29) is 41.3 Å². The zero-order valence-electron chi connectivity index (χ0n) is 26.3. The average Bonchev–Trinajstić information content (AvgIpc) is 3.49. The van der Waals surface area contributed by atoms with Crippen molar-refractivity contribution in [2.75, 3.05) is 11.9 Å². The second kappa shape index (κ2) is 11.6. The summed E-state index contributed by atoms with van der Waals surface area (Å²) < 4.78 is 8.37. The van der Waals surface area contributed by atoms with Crippen molar-refractivity contribution in [3.05, 3.63) is 88.3 Å². The van der Waals surface area contributed by atoms with E-state index in [2.05, 4.69) is 41.3 Å². The van der Waals surface area contributed by atoms with Gasteiger partial charge in [0.2, 0.25) is 17.7 Å². The minimum absolute atomic E-state index is 0.141. The molecule has 4 bridgehead atoms. The molecule has 1 saturated heterocycles. The molecule has 2 fully saturated rings. The minimum Gasteiger partial charge on any atom is -0.477 e. The molecule has 6 heterocycles. The molecular weight excluding hydrogens is 676 g/mol. The number of ether oxygens (including phenoxy) is 1. The third kappa shape index (κ3) is 5.41. The molecule has 1 aliphatic carbocycles. The first kappa shape index (κ1) is 30.3. The molecule has 12 nitrogen and oxygen atoms in total. The number of nitrogens with one attached hydrogen (secondary N) is 1. The summed E-state index contributed by atoms with van der Waals surface area (Å²) in [7, 11) is 0. The molecule has 2 amide bonds. The second-order valence-electron chi connectivity index (χ2n) is 12.8. The standard InChI is InChI=1S/C35H31BrN8O4/c1-19(45)32-25-12-22(23-15-37-20(2)38-16-23)7-10-26(25)43(42-32)17-31(46)44-27-13-35(14-28(35)44)18-48-30-5-3-4-24(39-30)9-6-21-8-11-29(36)40-33(21)41-34(27)47/h3-5,7-8,10-12,15-16,27-28H,6,9,13-14,17-18H2,1-2H3,(H,40,41,47)/t27-,28?,35-/m0/s1. The maximum absolute atomic E-state index is 14.3. The van der Waals surface area contributed by atoms with Crippen LogP contribution in [-0.4, -0.2) is 70.9 Å². The highest BCUT2D eigenvalue weighted by atomic mass is 79.9. The number of hydrogen-bond acceptors (Lipinski definition) is 9. The van der Waals surface area contributed by atoms with E-state index in [9.17, 15) is 14.4 Å². The van der Waals surface area contributed by atoms with Crippen LogP contribution in [0.25, 0.3) is 22.0 Å². The zero-order chi connectivity index (χ0) is 33.2. The highest BCUT2D eigenvalue weighted by molar-refractivity contribution is 9.10. The van der Waals surface area contributed by atoms with E-state index in [0.717, 1.165) is 22.4 Å². The van der Waals surface area contributed by atoms with Crippen molar-refractivity contribution in [1.29, 1.82) is 0 Å². The molecular formula is C35H31BrN8O4. The fourth-order valence-electron chi connectivity index (χ4n) is 7.04. The first-order chi connectivity index (χ1) is 23.2. The molecule has 2 aliphatic heterocycles. The van der Waals surface area contributed by atoms with Gasteiger partial charge in [-0.1, -0.05) is 18.2 Å². The SMILES string of the molecule is CC(=O)c1nn(CC(=O)N2C3C[C@@]34COc3cccc(n3)CCc3ccc(Br)nc3NC(=O)[C@@H]2C4)c2ccc(-c3cnc(C)nc3)cc12. The number of carbonyl (C=O) groups excluding carboxylic acids is 3. The van der Waals surface area contributed by atoms with Gasteiger partial charge >= 0.3 is 0 Å². The summed E-state index contributed by atoms with van der Waals surface area (Å²) in [5, 5.41) is 8.27. The van der Waals surface area contributed by atoms with E-state index in [4.69, 9.17) is 9.72 Å². The Labute approximate surface area is 284 Å². The molecule has 242 valence electrons. The van der Waals surface area contributed by atoms with Gasteiger partial charge in [0, 0.05) is 53.5 Å². The molecule has 1 spiro atoms. The van der Waals surface area contributed by atoms with Crippen LogP contribution in [-0.2, 0) is 29.0 Å². The van der Waals surface area contributed by atoms with Crippen LogP contribution < -0.4 is 10.1 Å². The topological polar surface area (TPSA) is 145 Å². The number of fused-ring (bicyclic) bond motifs is 5. The van der Waals surface area contributed by atoms with Gasteiger partial charge in [0.15, 0.2) is 5.78 Å². The molecule has 4 aromatic heterocycles. The van der Waals surface area contributed by atoms with Crippen molar-refractivity contribution >= 4 is 50.2 Å².